The summed E-state index contributed by atoms with van der Waals surface area (Å²) in [5.74, 6) is 0. The van der Waals surface area contributed by atoms with E-state index in [1.54, 1.807) is 0 Å². The summed E-state index contributed by atoms with van der Waals surface area (Å²) in [7, 11) is 0. The fourth-order valence-electron chi connectivity index (χ4n) is 2.93. The third-order valence-electron chi connectivity index (χ3n) is 4.19. The van der Waals surface area contributed by atoms with E-state index in [1.807, 2.05) is 25.3 Å². The molecule has 2 heterocycles. The molecule has 0 atom stereocenters. The smallest absolute Gasteiger partial charge is 0.0994 e. The van der Waals surface area contributed by atoms with Gasteiger partial charge in [-0.15, -0.1) is 0 Å². The SMILES string of the molecule is Cc1cc(C2=NC(C)(C)Cc3c(C#N)cccc32)cnc1C. The predicted molar refractivity (Wildman–Crippen MR) is 88.3 cm³/mol. The van der Waals surface area contributed by atoms with Crippen LogP contribution in [0.3, 0.4) is 0 Å². The van der Waals surface area contributed by atoms with Crippen LogP contribution in [0.1, 0.15) is 47.4 Å². The van der Waals surface area contributed by atoms with Crippen molar-refractivity contribution in [2.24, 2.45) is 4.99 Å². The summed E-state index contributed by atoms with van der Waals surface area (Å²) in [4.78, 5) is 9.41. The van der Waals surface area contributed by atoms with Crippen LogP contribution >= 0.6 is 0 Å². The number of nitrogens with zero attached hydrogens (tertiary/aromatic N) is 3. The molecule has 0 N–H and O–H groups in total. The van der Waals surface area contributed by atoms with Crippen molar-refractivity contribution in [2.45, 2.75) is 39.7 Å². The highest BCUT2D eigenvalue weighted by Gasteiger charge is 2.29. The molecule has 1 aromatic carbocycles. The van der Waals surface area contributed by atoms with Crippen LogP contribution in [0.2, 0.25) is 0 Å². The van der Waals surface area contributed by atoms with E-state index >= 15 is 0 Å². The van der Waals surface area contributed by atoms with Crippen molar-refractivity contribution in [3.8, 4) is 6.07 Å². The fraction of sp³-hybridized carbons (Fsp3) is 0.316. The van der Waals surface area contributed by atoms with Gasteiger partial charge in [0.15, 0.2) is 0 Å². The molecular weight excluding hydrogens is 270 g/mol. The minimum absolute atomic E-state index is 0.214. The second kappa shape index (κ2) is 5.06. The molecule has 110 valence electrons. The molecule has 0 radical (unpaired) electrons. The molecule has 1 aliphatic heterocycles. The summed E-state index contributed by atoms with van der Waals surface area (Å²) >= 11 is 0. The van der Waals surface area contributed by atoms with Gasteiger partial charge < -0.3 is 0 Å². The zero-order chi connectivity index (χ0) is 15.9. The Kier molecular flexibility index (Phi) is 3.33. The van der Waals surface area contributed by atoms with Crippen molar-refractivity contribution in [3.63, 3.8) is 0 Å². The van der Waals surface area contributed by atoms with E-state index in [0.717, 1.165) is 45.6 Å². The van der Waals surface area contributed by atoms with Gasteiger partial charge in [0.05, 0.1) is 22.9 Å². The predicted octanol–water partition coefficient (Wildman–Crippen LogP) is 3.74. The average Bonchev–Trinajstić information content (AvgIpc) is 2.48. The summed E-state index contributed by atoms with van der Waals surface area (Å²) in [5.41, 5.74) is 6.84. The number of hydrogen-bond acceptors (Lipinski definition) is 3. The lowest BCUT2D eigenvalue weighted by Gasteiger charge is -2.29. The van der Waals surface area contributed by atoms with Gasteiger partial charge in [0.2, 0.25) is 0 Å². The monoisotopic (exact) mass is 289 g/mol. The second-order valence-corrected chi connectivity index (χ2v) is 6.52. The van der Waals surface area contributed by atoms with Crippen molar-refractivity contribution in [2.75, 3.05) is 0 Å². The Morgan fingerprint density at radius 3 is 2.68 bits per heavy atom. The van der Waals surface area contributed by atoms with E-state index in [4.69, 9.17) is 4.99 Å². The molecule has 1 aliphatic rings. The first kappa shape index (κ1) is 14.5. The molecule has 0 amide bonds. The molecule has 3 heteroatoms. The number of aromatic nitrogens is 1. The van der Waals surface area contributed by atoms with Gasteiger partial charge in [-0.2, -0.15) is 5.26 Å². The molecule has 1 aromatic heterocycles. The van der Waals surface area contributed by atoms with Gasteiger partial charge >= 0.3 is 0 Å². The Hall–Kier alpha value is -2.47. The van der Waals surface area contributed by atoms with Crippen LogP contribution in [0.15, 0.2) is 35.5 Å². The molecule has 0 bridgehead atoms. The summed E-state index contributed by atoms with van der Waals surface area (Å²) in [6, 6.07) is 10.3. The van der Waals surface area contributed by atoms with Crippen molar-refractivity contribution in [3.05, 3.63) is 64.0 Å². The van der Waals surface area contributed by atoms with Gasteiger partial charge in [0.1, 0.15) is 0 Å². The molecule has 0 saturated carbocycles. The number of aliphatic imine (C=N–C) groups is 1. The highest BCUT2D eigenvalue weighted by molar-refractivity contribution is 6.14. The molecule has 0 aliphatic carbocycles. The number of fused-ring (bicyclic) bond motifs is 1. The van der Waals surface area contributed by atoms with E-state index in [2.05, 4.69) is 44.0 Å². The van der Waals surface area contributed by atoms with Crippen LogP contribution in [0.4, 0.5) is 0 Å². The number of aryl methyl sites for hydroxylation is 2. The molecule has 3 rings (SSSR count). The lowest BCUT2D eigenvalue weighted by atomic mass is 9.83. The minimum atomic E-state index is -0.214. The molecule has 0 saturated heterocycles. The highest BCUT2D eigenvalue weighted by Crippen LogP contribution is 2.31. The first-order valence-corrected chi connectivity index (χ1v) is 7.47. The maximum Gasteiger partial charge on any atom is 0.0994 e. The molecule has 3 nitrogen and oxygen atoms in total. The first-order valence-electron chi connectivity index (χ1n) is 7.47. The van der Waals surface area contributed by atoms with Gasteiger partial charge in [-0.05, 0) is 57.4 Å². The van der Waals surface area contributed by atoms with E-state index in [1.165, 1.54) is 0 Å². The number of hydrogen-bond donors (Lipinski definition) is 0. The Balaban J connectivity index is 2.25. The van der Waals surface area contributed by atoms with E-state index in [0.29, 0.717) is 0 Å². The fourth-order valence-corrected chi connectivity index (χ4v) is 2.93. The van der Waals surface area contributed by atoms with Crippen LogP contribution in [0, 0.1) is 25.2 Å². The maximum atomic E-state index is 9.40. The first-order chi connectivity index (χ1) is 10.4. The van der Waals surface area contributed by atoms with Crippen LogP contribution < -0.4 is 0 Å². The van der Waals surface area contributed by atoms with Crippen LogP contribution in [-0.2, 0) is 6.42 Å². The Labute approximate surface area is 131 Å². The van der Waals surface area contributed by atoms with Crippen LogP contribution in [-0.4, -0.2) is 16.2 Å². The largest absolute Gasteiger partial charge is 0.278 e. The van der Waals surface area contributed by atoms with E-state index in [9.17, 15) is 5.26 Å². The van der Waals surface area contributed by atoms with Crippen molar-refractivity contribution in [1.29, 1.82) is 5.26 Å². The maximum absolute atomic E-state index is 9.40. The van der Waals surface area contributed by atoms with E-state index < -0.39 is 0 Å². The van der Waals surface area contributed by atoms with Crippen molar-refractivity contribution in [1.82, 2.24) is 4.98 Å². The molecule has 0 fully saturated rings. The average molecular weight is 289 g/mol. The van der Waals surface area contributed by atoms with E-state index in [-0.39, 0.29) is 5.54 Å². The second-order valence-electron chi connectivity index (χ2n) is 6.52. The van der Waals surface area contributed by atoms with Crippen LogP contribution in [0.5, 0.6) is 0 Å². The van der Waals surface area contributed by atoms with Gasteiger partial charge in [0, 0.05) is 23.0 Å². The van der Waals surface area contributed by atoms with Gasteiger partial charge in [-0.3, -0.25) is 9.98 Å². The van der Waals surface area contributed by atoms with Gasteiger partial charge in [-0.25, -0.2) is 0 Å². The van der Waals surface area contributed by atoms with Crippen LogP contribution in [0.25, 0.3) is 0 Å². The molecule has 0 unspecified atom stereocenters. The lowest BCUT2D eigenvalue weighted by molar-refractivity contribution is 0.513. The lowest BCUT2D eigenvalue weighted by Crippen LogP contribution is -2.30. The summed E-state index contributed by atoms with van der Waals surface area (Å²) in [6.07, 6.45) is 2.67. The Bertz CT molecular complexity index is 823. The molecule has 0 spiro atoms. The van der Waals surface area contributed by atoms with Gasteiger partial charge in [0.25, 0.3) is 0 Å². The number of pyridine rings is 1. The van der Waals surface area contributed by atoms with Crippen molar-refractivity contribution >= 4 is 5.71 Å². The topological polar surface area (TPSA) is 49.0 Å². The summed E-state index contributed by atoms with van der Waals surface area (Å²) in [5, 5.41) is 9.40. The Morgan fingerprint density at radius 2 is 2.00 bits per heavy atom. The van der Waals surface area contributed by atoms with Gasteiger partial charge in [-0.1, -0.05) is 12.1 Å². The van der Waals surface area contributed by atoms with Crippen molar-refractivity contribution < 1.29 is 0 Å². The number of rotatable bonds is 1. The number of benzene rings is 1. The standard InChI is InChI=1S/C19H19N3/c1-12-8-15(11-21-13(12)2)18-16-7-5-6-14(10-20)17(16)9-19(3,4)22-18/h5-8,11H,9H2,1-4H3. The molecule has 2 aromatic rings. The molecule has 22 heavy (non-hydrogen) atoms. The summed E-state index contributed by atoms with van der Waals surface area (Å²) in [6.45, 7) is 8.29. The summed E-state index contributed by atoms with van der Waals surface area (Å²) < 4.78 is 0. The zero-order valence-corrected chi connectivity index (χ0v) is 13.4. The quantitative estimate of drug-likeness (QED) is 0.803. The molecular formula is C19H19N3. The Morgan fingerprint density at radius 1 is 1.23 bits per heavy atom. The highest BCUT2D eigenvalue weighted by atomic mass is 14.9. The third-order valence-corrected chi connectivity index (χ3v) is 4.19. The third kappa shape index (κ3) is 2.42. The zero-order valence-electron chi connectivity index (χ0n) is 13.4. The number of nitriles is 1. The minimum Gasteiger partial charge on any atom is -0.278 e. The normalized spacial score (nSPS) is 15.7.